The van der Waals surface area contributed by atoms with Crippen molar-refractivity contribution in [3.05, 3.63) is 35.9 Å². The van der Waals surface area contributed by atoms with Crippen LogP contribution in [0.1, 0.15) is 24.8 Å². The zero-order valence-corrected chi connectivity index (χ0v) is 13.0. The first kappa shape index (κ1) is 14.6. The van der Waals surface area contributed by atoms with Crippen LogP contribution in [0.25, 0.3) is 6.08 Å². The smallest absolute Gasteiger partial charge is 0.118 e. The summed E-state index contributed by atoms with van der Waals surface area (Å²) in [6.45, 7) is 6.16. The van der Waals surface area contributed by atoms with E-state index in [1.54, 1.807) is 7.11 Å². The average Bonchev–Trinajstić information content (AvgIpc) is 2.86. The molecule has 0 amide bonds. The lowest BCUT2D eigenvalue weighted by Crippen LogP contribution is -2.36. The molecule has 2 heterocycles. The predicted octanol–water partition coefficient (Wildman–Crippen LogP) is 2.88. The lowest BCUT2D eigenvalue weighted by Gasteiger charge is -2.24. The molecule has 0 unspecified atom stereocenters. The maximum absolute atomic E-state index is 5.19. The van der Waals surface area contributed by atoms with Crippen LogP contribution in [0.4, 0.5) is 0 Å². The highest BCUT2D eigenvalue weighted by atomic mass is 16.5. The Bertz CT molecular complexity index is 469. The Morgan fingerprint density at radius 2 is 1.95 bits per heavy atom. The van der Waals surface area contributed by atoms with Crippen molar-refractivity contribution in [1.29, 1.82) is 0 Å². The van der Waals surface area contributed by atoms with Gasteiger partial charge in [0, 0.05) is 19.1 Å². The van der Waals surface area contributed by atoms with Crippen molar-refractivity contribution in [3.63, 3.8) is 0 Å². The second-order valence-electron chi connectivity index (χ2n) is 6.12. The Kier molecular flexibility index (Phi) is 4.94. The number of nitrogens with zero attached hydrogens (tertiary/aromatic N) is 2. The second-order valence-corrected chi connectivity index (χ2v) is 6.12. The maximum Gasteiger partial charge on any atom is 0.118 e. The Hall–Kier alpha value is -1.32. The number of rotatable bonds is 4. The van der Waals surface area contributed by atoms with Crippen molar-refractivity contribution < 1.29 is 4.74 Å². The second kappa shape index (κ2) is 7.10. The first-order valence-electron chi connectivity index (χ1n) is 8.12. The maximum atomic E-state index is 5.19. The highest BCUT2D eigenvalue weighted by molar-refractivity contribution is 5.50. The molecule has 2 aliphatic rings. The minimum atomic E-state index is 0.807. The average molecular weight is 286 g/mol. The van der Waals surface area contributed by atoms with Gasteiger partial charge < -0.3 is 4.74 Å². The molecular weight excluding hydrogens is 260 g/mol. The van der Waals surface area contributed by atoms with E-state index in [0.29, 0.717) is 0 Å². The summed E-state index contributed by atoms with van der Waals surface area (Å²) in [4.78, 5) is 5.29. The molecule has 21 heavy (non-hydrogen) atoms. The van der Waals surface area contributed by atoms with Gasteiger partial charge in [-0.2, -0.15) is 0 Å². The van der Waals surface area contributed by atoms with Gasteiger partial charge in [-0.25, -0.2) is 0 Å². The molecule has 0 bridgehead atoms. The molecule has 0 aromatic heterocycles. The molecule has 1 aromatic rings. The number of benzene rings is 1. The number of ether oxygens (including phenoxy) is 1. The normalized spacial score (nSPS) is 24.1. The zero-order chi connectivity index (χ0) is 14.5. The molecule has 3 nitrogen and oxygen atoms in total. The van der Waals surface area contributed by atoms with Crippen LogP contribution in [-0.4, -0.2) is 55.7 Å². The van der Waals surface area contributed by atoms with Gasteiger partial charge in [0.25, 0.3) is 0 Å². The molecule has 1 atom stereocenters. The first-order valence-corrected chi connectivity index (χ1v) is 8.12. The molecule has 0 radical (unpaired) electrons. The molecule has 2 saturated heterocycles. The van der Waals surface area contributed by atoms with E-state index in [2.05, 4.69) is 34.1 Å². The quantitative estimate of drug-likeness (QED) is 0.846. The van der Waals surface area contributed by atoms with Gasteiger partial charge in [-0.15, -0.1) is 0 Å². The molecule has 0 aliphatic carbocycles. The van der Waals surface area contributed by atoms with Gasteiger partial charge in [0.2, 0.25) is 0 Å². The molecule has 114 valence electrons. The summed E-state index contributed by atoms with van der Waals surface area (Å²) in [7, 11) is 1.70. The number of fused-ring (bicyclic) bond motifs is 1. The van der Waals surface area contributed by atoms with Crippen molar-refractivity contribution in [2.45, 2.75) is 25.3 Å². The van der Waals surface area contributed by atoms with E-state index in [1.165, 1.54) is 51.0 Å². The summed E-state index contributed by atoms with van der Waals surface area (Å²) in [5.74, 6) is 0.918. The number of hydrogen-bond donors (Lipinski definition) is 0. The van der Waals surface area contributed by atoms with E-state index in [4.69, 9.17) is 4.74 Å². The van der Waals surface area contributed by atoms with Gasteiger partial charge in [0.05, 0.1) is 7.11 Å². The van der Waals surface area contributed by atoms with Crippen LogP contribution in [-0.2, 0) is 0 Å². The SMILES string of the molecule is COc1ccc(C=CCN2CCCN3CCC[C@H]3C2)cc1. The van der Waals surface area contributed by atoms with Crippen LogP contribution in [0.3, 0.4) is 0 Å². The van der Waals surface area contributed by atoms with E-state index < -0.39 is 0 Å². The van der Waals surface area contributed by atoms with Crippen LogP contribution in [0.5, 0.6) is 5.75 Å². The summed E-state index contributed by atoms with van der Waals surface area (Å²) in [5, 5.41) is 0. The molecule has 3 heteroatoms. The van der Waals surface area contributed by atoms with Gasteiger partial charge in [-0.05, 0) is 56.6 Å². The highest BCUT2D eigenvalue weighted by Crippen LogP contribution is 2.21. The Labute approximate surface area is 128 Å². The van der Waals surface area contributed by atoms with Crippen molar-refractivity contribution in [2.75, 3.05) is 39.8 Å². The molecule has 2 aliphatic heterocycles. The minimum Gasteiger partial charge on any atom is -0.497 e. The third-order valence-electron chi connectivity index (χ3n) is 4.68. The van der Waals surface area contributed by atoms with E-state index in [1.807, 2.05) is 12.1 Å². The Balaban J connectivity index is 1.52. The van der Waals surface area contributed by atoms with E-state index in [0.717, 1.165) is 18.3 Å². The molecule has 0 spiro atoms. The van der Waals surface area contributed by atoms with Crippen molar-refractivity contribution in [2.24, 2.45) is 0 Å². The summed E-state index contributed by atoms with van der Waals surface area (Å²) in [6.07, 6.45) is 8.61. The van der Waals surface area contributed by atoms with Gasteiger partial charge in [-0.1, -0.05) is 24.3 Å². The Morgan fingerprint density at radius 3 is 2.76 bits per heavy atom. The lowest BCUT2D eigenvalue weighted by molar-refractivity contribution is 0.231. The van der Waals surface area contributed by atoms with Gasteiger partial charge in [0.15, 0.2) is 0 Å². The third-order valence-corrected chi connectivity index (χ3v) is 4.68. The summed E-state index contributed by atoms with van der Waals surface area (Å²) in [5.41, 5.74) is 1.24. The van der Waals surface area contributed by atoms with Crippen LogP contribution < -0.4 is 4.74 Å². The topological polar surface area (TPSA) is 15.7 Å². The van der Waals surface area contributed by atoms with Crippen molar-refractivity contribution in [3.8, 4) is 5.75 Å². The zero-order valence-electron chi connectivity index (χ0n) is 13.0. The van der Waals surface area contributed by atoms with Crippen LogP contribution >= 0.6 is 0 Å². The van der Waals surface area contributed by atoms with Crippen LogP contribution in [0, 0.1) is 0 Å². The highest BCUT2D eigenvalue weighted by Gasteiger charge is 2.27. The molecule has 2 fully saturated rings. The summed E-state index contributed by atoms with van der Waals surface area (Å²) < 4.78 is 5.19. The fourth-order valence-corrected chi connectivity index (χ4v) is 3.50. The fraction of sp³-hybridized carbons (Fsp3) is 0.556. The minimum absolute atomic E-state index is 0.807. The third kappa shape index (κ3) is 3.86. The molecule has 0 saturated carbocycles. The monoisotopic (exact) mass is 286 g/mol. The van der Waals surface area contributed by atoms with Crippen LogP contribution in [0.2, 0.25) is 0 Å². The van der Waals surface area contributed by atoms with E-state index >= 15 is 0 Å². The Morgan fingerprint density at radius 1 is 1.14 bits per heavy atom. The van der Waals surface area contributed by atoms with Gasteiger partial charge in [0.1, 0.15) is 5.75 Å². The number of methoxy groups -OCH3 is 1. The molecule has 3 rings (SSSR count). The number of hydrogen-bond acceptors (Lipinski definition) is 3. The summed E-state index contributed by atoms with van der Waals surface area (Å²) >= 11 is 0. The first-order chi connectivity index (χ1) is 10.3. The van der Waals surface area contributed by atoms with Crippen LogP contribution in [0.15, 0.2) is 30.3 Å². The van der Waals surface area contributed by atoms with E-state index in [-0.39, 0.29) is 0 Å². The van der Waals surface area contributed by atoms with Gasteiger partial charge >= 0.3 is 0 Å². The van der Waals surface area contributed by atoms with Crippen molar-refractivity contribution in [1.82, 2.24) is 9.80 Å². The molecule has 0 N–H and O–H groups in total. The van der Waals surface area contributed by atoms with E-state index in [9.17, 15) is 0 Å². The predicted molar refractivity (Wildman–Crippen MR) is 87.7 cm³/mol. The van der Waals surface area contributed by atoms with Crippen molar-refractivity contribution >= 4 is 6.08 Å². The lowest BCUT2D eigenvalue weighted by atomic mass is 10.2. The molecule has 1 aromatic carbocycles. The van der Waals surface area contributed by atoms with Gasteiger partial charge in [-0.3, -0.25) is 9.80 Å². The summed E-state index contributed by atoms with van der Waals surface area (Å²) in [6, 6.07) is 9.05. The largest absolute Gasteiger partial charge is 0.497 e. The standard InChI is InChI=1S/C18H26N2O/c1-21-18-9-7-16(8-10-18)5-2-11-19-12-4-14-20-13-3-6-17(20)15-19/h2,5,7-10,17H,3-4,6,11-15H2,1H3/t17-/m0/s1. The molecular formula is C18H26N2O. The fourth-order valence-electron chi connectivity index (χ4n) is 3.50.